The van der Waals surface area contributed by atoms with E-state index in [0.717, 1.165) is 28.8 Å². The number of rotatable bonds is 5. The fourth-order valence-corrected chi connectivity index (χ4v) is 3.02. The summed E-state index contributed by atoms with van der Waals surface area (Å²) in [7, 11) is 0. The molecule has 4 heteroatoms. The molecule has 0 saturated carbocycles. The van der Waals surface area contributed by atoms with Crippen LogP contribution in [0, 0.1) is 6.92 Å². The Balaban J connectivity index is 1.73. The molecular formula is C21H23N3O. The first-order valence-corrected chi connectivity index (χ1v) is 8.58. The molecular weight excluding hydrogens is 310 g/mol. The van der Waals surface area contributed by atoms with E-state index in [2.05, 4.69) is 28.6 Å². The lowest BCUT2D eigenvalue weighted by Crippen LogP contribution is -2.24. The fraction of sp³-hybridized carbons (Fsp3) is 0.238. The van der Waals surface area contributed by atoms with Crippen molar-refractivity contribution in [3.8, 4) is 0 Å². The largest absolute Gasteiger partial charge is 0.346 e. The summed E-state index contributed by atoms with van der Waals surface area (Å²) in [6.45, 7) is 6.82. The lowest BCUT2D eigenvalue weighted by molar-refractivity contribution is -0.117. The molecule has 0 unspecified atom stereocenters. The molecule has 1 aromatic heterocycles. The Hall–Kier alpha value is -2.88. The monoisotopic (exact) mass is 333 g/mol. The standard InChI is InChI=1S/C21H23N3O/c1-4-24-14-20(16(3)23-24)15(2)22-21(25)13-12-18-10-7-9-17-8-5-6-11-19(17)18/h5-15H,4H2,1-3H3,(H,22,25)/b13-12+/t15-/m1/s1. The van der Waals surface area contributed by atoms with Gasteiger partial charge in [-0.25, -0.2) is 0 Å². The van der Waals surface area contributed by atoms with Gasteiger partial charge >= 0.3 is 0 Å². The van der Waals surface area contributed by atoms with Gasteiger partial charge in [0.25, 0.3) is 0 Å². The molecule has 2 aromatic carbocycles. The highest BCUT2D eigenvalue weighted by Crippen LogP contribution is 2.20. The number of hydrogen-bond acceptors (Lipinski definition) is 2. The summed E-state index contributed by atoms with van der Waals surface area (Å²) in [5, 5.41) is 9.75. The Labute approximate surface area is 148 Å². The van der Waals surface area contributed by atoms with Gasteiger partial charge in [0.15, 0.2) is 0 Å². The van der Waals surface area contributed by atoms with Crippen molar-refractivity contribution in [3.63, 3.8) is 0 Å². The number of amides is 1. The second-order valence-corrected chi connectivity index (χ2v) is 6.16. The van der Waals surface area contributed by atoms with Gasteiger partial charge in [-0.1, -0.05) is 42.5 Å². The maximum Gasteiger partial charge on any atom is 0.244 e. The highest BCUT2D eigenvalue weighted by Gasteiger charge is 2.13. The lowest BCUT2D eigenvalue weighted by Gasteiger charge is -2.11. The summed E-state index contributed by atoms with van der Waals surface area (Å²) in [6, 6.07) is 14.2. The van der Waals surface area contributed by atoms with Crippen molar-refractivity contribution >= 4 is 22.8 Å². The first kappa shape index (κ1) is 17.0. The predicted octanol–water partition coefficient (Wildman–Crippen LogP) is 4.26. The summed E-state index contributed by atoms with van der Waals surface area (Å²) in [4.78, 5) is 12.3. The molecule has 25 heavy (non-hydrogen) atoms. The zero-order chi connectivity index (χ0) is 17.8. The third-order valence-electron chi connectivity index (χ3n) is 4.37. The van der Waals surface area contributed by atoms with E-state index in [1.54, 1.807) is 6.08 Å². The highest BCUT2D eigenvalue weighted by atomic mass is 16.1. The normalized spacial score (nSPS) is 12.6. The first-order valence-electron chi connectivity index (χ1n) is 8.58. The Kier molecular flexibility index (Phi) is 4.98. The van der Waals surface area contributed by atoms with E-state index in [4.69, 9.17) is 0 Å². The van der Waals surface area contributed by atoms with Gasteiger partial charge in [-0.3, -0.25) is 9.48 Å². The Morgan fingerprint density at radius 1 is 1.24 bits per heavy atom. The summed E-state index contributed by atoms with van der Waals surface area (Å²) in [5.41, 5.74) is 3.04. The molecule has 0 aliphatic carbocycles. The Morgan fingerprint density at radius 3 is 2.76 bits per heavy atom. The van der Waals surface area contributed by atoms with Crippen molar-refractivity contribution in [3.05, 3.63) is 71.6 Å². The molecule has 1 amide bonds. The van der Waals surface area contributed by atoms with Gasteiger partial charge < -0.3 is 5.32 Å². The molecule has 4 nitrogen and oxygen atoms in total. The smallest absolute Gasteiger partial charge is 0.244 e. The van der Waals surface area contributed by atoms with Crippen LogP contribution in [0.3, 0.4) is 0 Å². The van der Waals surface area contributed by atoms with Crippen molar-refractivity contribution < 1.29 is 4.79 Å². The van der Waals surface area contributed by atoms with Crippen molar-refractivity contribution in [2.45, 2.75) is 33.4 Å². The third kappa shape index (κ3) is 3.79. The van der Waals surface area contributed by atoms with Crippen LogP contribution in [-0.2, 0) is 11.3 Å². The van der Waals surface area contributed by atoms with Crippen LogP contribution in [0.1, 0.15) is 36.7 Å². The number of aryl methyl sites for hydroxylation is 2. The van der Waals surface area contributed by atoms with Crippen molar-refractivity contribution in [1.29, 1.82) is 0 Å². The highest BCUT2D eigenvalue weighted by molar-refractivity contribution is 5.96. The van der Waals surface area contributed by atoms with Crippen LogP contribution in [0.25, 0.3) is 16.8 Å². The maximum absolute atomic E-state index is 12.3. The van der Waals surface area contributed by atoms with Crippen molar-refractivity contribution in [1.82, 2.24) is 15.1 Å². The summed E-state index contributed by atoms with van der Waals surface area (Å²) >= 11 is 0. The zero-order valence-electron chi connectivity index (χ0n) is 14.9. The van der Waals surface area contributed by atoms with Gasteiger partial charge in [-0.15, -0.1) is 0 Å². The van der Waals surface area contributed by atoms with Crippen LogP contribution in [0.2, 0.25) is 0 Å². The molecule has 0 fully saturated rings. The van der Waals surface area contributed by atoms with E-state index in [1.165, 1.54) is 5.39 Å². The van der Waals surface area contributed by atoms with E-state index < -0.39 is 0 Å². The number of benzene rings is 2. The van der Waals surface area contributed by atoms with Gasteiger partial charge in [0, 0.05) is 24.4 Å². The van der Waals surface area contributed by atoms with Gasteiger partial charge in [-0.2, -0.15) is 5.10 Å². The molecule has 0 spiro atoms. The Bertz CT molecular complexity index is 919. The third-order valence-corrected chi connectivity index (χ3v) is 4.37. The molecule has 1 heterocycles. The summed E-state index contributed by atoms with van der Waals surface area (Å²) in [6.07, 6.45) is 5.46. The minimum absolute atomic E-state index is 0.0787. The number of carbonyl (C=O) groups is 1. The number of nitrogens with one attached hydrogen (secondary N) is 1. The second kappa shape index (κ2) is 7.34. The number of hydrogen-bond donors (Lipinski definition) is 1. The molecule has 1 N–H and O–H groups in total. The van der Waals surface area contributed by atoms with Crippen LogP contribution in [0.15, 0.2) is 54.7 Å². The minimum Gasteiger partial charge on any atom is -0.346 e. The van der Waals surface area contributed by atoms with E-state index in [-0.39, 0.29) is 11.9 Å². The van der Waals surface area contributed by atoms with Gasteiger partial charge in [0.1, 0.15) is 0 Å². The van der Waals surface area contributed by atoms with Crippen LogP contribution in [-0.4, -0.2) is 15.7 Å². The predicted molar refractivity (Wildman–Crippen MR) is 102 cm³/mol. The molecule has 0 aliphatic heterocycles. The van der Waals surface area contributed by atoms with E-state index in [1.807, 2.05) is 62.0 Å². The van der Waals surface area contributed by atoms with Gasteiger partial charge in [0.2, 0.25) is 5.91 Å². The Morgan fingerprint density at radius 2 is 2.00 bits per heavy atom. The topological polar surface area (TPSA) is 46.9 Å². The number of aromatic nitrogens is 2. The minimum atomic E-state index is -0.107. The van der Waals surface area contributed by atoms with Crippen LogP contribution in [0.4, 0.5) is 0 Å². The van der Waals surface area contributed by atoms with Crippen molar-refractivity contribution in [2.75, 3.05) is 0 Å². The molecule has 128 valence electrons. The molecule has 3 aromatic rings. The number of carbonyl (C=O) groups excluding carboxylic acids is 1. The number of fused-ring (bicyclic) bond motifs is 1. The molecule has 1 atom stereocenters. The average Bonchev–Trinajstić information content (AvgIpc) is 3.01. The fourth-order valence-electron chi connectivity index (χ4n) is 3.02. The molecule has 3 rings (SSSR count). The maximum atomic E-state index is 12.3. The molecule has 0 radical (unpaired) electrons. The van der Waals surface area contributed by atoms with Crippen LogP contribution in [0.5, 0.6) is 0 Å². The van der Waals surface area contributed by atoms with Crippen molar-refractivity contribution in [2.24, 2.45) is 0 Å². The quantitative estimate of drug-likeness (QED) is 0.709. The summed E-state index contributed by atoms with van der Waals surface area (Å²) < 4.78 is 1.89. The lowest BCUT2D eigenvalue weighted by atomic mass is 10.0. The summed E-state index contributed by atoms with van der Waals surface area (Å²) in [5.74, 6) is -0.107. The van der Waals surface area contributed by atoms with Gasteiger partial charge in [0.05, 0.1) is 11.7 Å². The molecule has 0 aliphatic rings. The SMILES string of the molecule is CCn1cc([C@@H](C)NC(=O)/C=C/c2cccc3ccccc23)c(C)n1. The zero-order valence-corrected chi connectivity index (χ0v) is 14.9. The van der Waals surface area contributed by atoms with E-state index >= 15 is 0 Å². The van der Waals surface area contributed by atoms with E-state index in [0.29, 0.717) is 0 Å². The van der Waals surface area contributed by atoms with Gasteiger partial charge in [-0.05, 0) is 43.2 Å². The number of nitrogens with zero attached hydrogens (tertiary/aromatic N) is 2. The van der Waals surface area contributed by atoms with Crippen LogP contribution >= 0.6 is 0 Å². The average molecular weight is 333 g/mol. The molecule has 0 saturated heterocycles. The van der Waals surface area contributed by atoms with E-state index in [9.17, 15) is 4.79 Å². The van der Waals surface area contributed by atoms with Crippen LogP contribution < -0.4 is 5.32 Å². The second-order valence-electron chi connectivity index (χ2n) is 6.16. The first-order chi connectivity index (χ1) is 12.1. The molecule has 0 bridgehead atoms.